The van der Waals surface area contributed by atoms with Gasteiger partial charge in [-0.25, -0.2) is 4.39 Å². The molecule has 39 heavy (non-hydrogen) atoms. The number of alkyl halides is 20. The van der Waals surface area contributed by atoms with Crippen LogP contribution in [0.3, 0.4) is 0 Å². The number of nitrogens with zero attached hydrogens (tertiary/aromatic N) is 1. The van der Waals surface area contributed by atoms with E-state index in [2.05, 4.69) is 4.98 Å². The van der Waals surface area contributed by atoms with Crippen LogP contribution in [0.5, 0.6) is 0 Å². The number of pyridine rings is 1. The normalized spacial score (nSPS) is 16.2. The lowest BCUT2D eigenvalue weighted by Gasteiger charge is -2.43. The average Bonchev–Trinajstić information content (AvgIpc) is 2.77. The molecule has 0 saturated heterocycles. The van der Waals surface area contributed by atoms with Gasteiger partial charge in [-0.15, -0.1) is 0 Å². The van der Waals surface area contributed by atoms with E-state index in [9.17, 15) is 92.6 Å². The molecule has 23 heteroatoms. The Balaban J connectivity index is 3.58. The summed E-state index contributed by atoms with van der Waals surface area (Å²) in [6, 6.07) is -5.55. The van der Waals surface area contributed by atoms with E-state index in [1.807, 2.05) is 0 Å². The van der Waals surface area contributed by atoms with Gasteiger partial charge in [-0.1, -0.05) is 0 Å². The lowest BCUT2D eigenvalue weighted by molar-refractivity contribution is -0.465. The van der Waals surface area contributed by atoms with Crippen LogP contribution in [0, 0.1) is 0 Å². The van der Waals surface area contributed by atoms with Crippen molar-refractivity contribution in [3.8, 4) is 0 Å². The summed E-state index contributed by atoms with van der Waals surface area (Å²) in [6.07, 6.45) is -13.0. The Kier molecular flexibility index (Phi) is 8.26. The topological polar surface area (TPSA) is 42.0 Å². The van der Waals surface area contributed by atoms with Crippen LogP contribution in [0.15, 0.2) is 24.5 Å². The average molecular weight is 622 g/mol. The highest BCUT2D eigenvalue weighted by Crippen LogP contribution is 2.64. The van der Waals surface area contributed by atoms with E-state index in [0.717, 1.165) is 0 Å². The van der Waals surface area contributed by atoms with Crippen LogP contribution in [0.25, 0.3) is 0 Å². The maximum absolute atomic E-state index is 13.7. The molecule has 0 aliphatic carbocycles. The van der Waals surface area contributed by atoms with Gasteiger partial charge in [0.1, 0.15) is 0 Å². The van der Waals surface area contributed by atoms with Crippen molar-refractivity contribution in [1.29, 1.82) is 0 Å². The summed E-state index contributed by atoms with van der Waals surface area (Å²) in [5, 5.41) is -0.0814. The fourth-order valence-corrected chi connectivity index (χ4v) is 2.35. The molecule has 1 atom stereocenters. The third-order valence-electron chi connectivity index (χ3n) is 4.61. The van der Waals surface area contributed by atoms with Gasteiger partial charge >= 0.3 is 53.7 Å². The summed E-state index contributed by atoms with van der Waals surface area (Å²) in [7, 11) is 0. The maximum atomic E-state index is 13.7. The zero-order chi connectivity index (χ0) is 31.5. The number of aromatic nitrogens is 1. The van der Waals surface area contributed by atoms with Crippen LogP contribution in [0.1, 0.15) is 10.4 Å². The molecule has 1 N–H and O–H groups in total. The zero-order valence-corrected chi connectivity index (χ0v) is 17.3. The molecule has 1 aromatic rings. The predicted octanol–water partition coefficient (Wildman–Crippen LogP) is 6.75. The number of amides is 1. The van der Waals surface area contributed by atoms with Crippen LogP contribution in [0.4, 0.5) is 87.8 Å². The Bertz CT molecular complexity index is 1030. The summed E-state index contributed by atoms with van der Waals surface area (Å²) < 4.78 is 265. The lowest BCUT2D eigenvalue weighted by atomic mass is 9.87. The first-order valence-corrected chi connectivity index (χ1v) is 8.85. The van der Waals surface area contributed by atoms with Crippen molar-refractivity contribution in [3.05, 3.63) is 30.1 Å². The van der Waals surface area contributed by atoms with Gasteiger partial charge in [-0.2, -0.15) is 83.4 Å². The van der Waals surface area contributed by atoms with E-state index >= 15 is 0 Å². The van der Waals surface area contributed by atoms with Crippen molar-refractivity contribution in [1.82, 2.24) is 10.3 Å². The number of hydrogen-bond donors (Lipinski definition) is 1. The summed E-state index contributed by atoms with van der Waals surface area (Å²) >= 11 is 0. The van der Waals surface area contributed by atoms with Crippen molar-refractivity contribution in [2.24, 2.45) is 0 Å². The molecular weight excluding hydrogens is 616 g/mol. The van der Waals surface area contributed by atoms with E-state index < -0.39 is 71.3 Å². The maximum Gasteiger partial charge on any atom is 0.460 e. The van der Waals surface area contributed by atoms with Crippen LogP contribution in [-0.4, -0.2) is 70.7 Å². The molecule has 1 heterocycles. The second-order valence-corrected chi connectivity index (χ2v) is 7.24. The van der Waals surface area contributed by atoms with Crippen molar-refractivity contribution < 1.29 is 92.6 Å². The Labute approximate surface area is 200 Å². The highest BCUT2D eigenvalue weighted by Gasteiger charge is 2.96. The van der Waals surface area contributed by atoms with Crippen molar-refractivity contribution in [3.63, 3.8) is 0 Å². The first-order chi connectivity index (χ1) is 16.9. The van der Waals surface area contributed by atoms with E-state index in [-0.39, 0.29) is 5.32 Å². The Morgan fingerprint density at radius 2 is 0.923 bits per heavy atom. The molecule has 0 aliphatic rings. The van der Waals surface area contributed by atoms with E-state index in [0.29, 0.717) is 24.5 Å². The van der Waals surface area contributed by atoms with E-state index in [4.69, 9.17) is 0 Å². The second-order valence-electron chi connectivity index (χ2n) is 7.24. The van der Waals surface area contributed by atoms with Crippen LogP contribution < -0.4 is 5.32 Å². The number of halogens is 20. The first kappa shape index (κ1) is 34.2. The predicted molar refractivity (Wildman–Crippen MR) is 82.2 cm³/mol. The minimum atomic E-state index is -9.07. The lowest BCUT2D eigenvalue weighted by Crippen LogP contribution is -2.76. The van der Waals surface area contributed by atoms with Gasteiger partial charge in [-0.05, 0) is 12.1 Å². The Morgan fingerprint density at radius 1 is 0.590 bits per heavy atom. The van der Waals surface area contributed by atoms with Gasteiger partial charge in [0.05, 0.1) is 0 Å². The second kappa shape index (κ2) is 9.41. The number of rotatable bonds is 10. The van der Waals surface area contributed by atoms with Gasteiger partial charge < -0.3 is 0 Å². The first-order valence-electron chi connectivity index (χ1n) is 8.85. The number of nitrogens with one attached hydrogen (secondary N) is 1. The van der Waals surface area contributed by atoms with E-state index in [1.165, 1.54) is 0 Å². The third kappa shape index (κ3) is 4.88. The highest BCUT2D eigenvalue weighted by atomic mass is 19.4. The fourth-order valence-electron chi connectivity index (χ4n) is 2.35. The van der Waals surface area contributed by atoms with Crippen molar-refractivity contribution in [2.75, 3.05) is 0 Å². The smallest absolute Gasteiger partial charge is 0.291 e. The largest absolute Gasteiger partial charge is 0.460 e. The van der Waals surface area contributed by atoms with Crippen LogP contribution in [-0.2, 0) is 0 Å². The number of hydrogen-bond acceptors (Lipinski definition) is 2. The molecule has 0 aliphatic heterocycles. The molecule has 3 nitrogen and oxygen atoms in total. The summed E-state index contributed by atoms with van der Waals surface area (Å²) in [6.45, 7) is 0. The molecular formula is C16H6F20N2O. The van der Waals surface area contributed by atoms with Crippen LogP contribution >= 0.6 is 0 Å². The minimum Gasteiger partial charge on any atom is -0.291 e. The fraction of sp³-hybridized carbons (Fsp3) is 0.625. The van der Waals surface area contributed by atoms with Gasteiger partial charge in [0, 0.05) is 18.0 Å². The van der Waals surface area contributed by atoms with E-state index in [1.54, 1.807) is 0 Å². The minimum absolute atomic E-state index is 0.0814. The van der Waals surface area contributed by atoms with Crippen molar-refractivity contribution >= 4 is 5.91 Å². The molecule has 0 saturated carbocycles. The van der Waals surface area contributed by atoms with Gasteiger partial charge in [0.25, 0.3) is 12.1 Å². The highest BCUT2D eigenvalue weighted by molar-refractivity contribution is 5.94. The molecule has 0 radical (unpaired) electrons. The molecule has 0 spiro atoms. The molecule has 226 valence electrons. The summed E-state index contributed by atoms with van der Waals surface area (Å²) in [4.78, 5) is 14.7. The molecule has 1 aromatic heterocycles. The zero-order valence-electron chi connectivity index (χ0n) is 17.3. The molecule has 0 bridgehead atoms. The molecule has 0 fully saturated rings. The quantitative estimate of drug-likeness (QED) is 0.232. The SMILES string of the molecule is O=C(NC(F)(F)C(F)C(F)(F)C(F)(F)C(F)(F)C(F)(F)C(F)(F)C(F)(F)C(F)(F)C(F)(F)F)c1ccncc1. The number of carbonyl (C=O) groups excluding carboxylic acids is 1. The Hall–Kier alpha value is -2.78. The summed E-state index contributed by atoms with van der Waals surface area (Å²) in [5.74, 6) is -63.4. The monoisotopic (exact) mass is 622 g/mol. The van der Waals surface area contributed by atoms with Gasteiger partial charge in [-0.3, -0.25) is 15.1 Å². The van der Waals surface area contributed by atoms with Gasteiger partial charge in [0.2, 0.25) is 0 Å². The van der Waals surface area contributed by atoms with Gasteiger partial charge in [0.15, 0.2) is 0 Å². The molecule has 1 rings (SSSR count). The van der Waals surface area contributed by atoms with Crippen LogP contribution in [0.2, 0.25) is 0 Å². The molecule has 1 amide bonds. The number of carbonyl (C=O) groups is 1. The van der Waals surface area contributed by atoms with Crippen molar-refractivity contribution in [2.45, 2.75) is 59.9 Å². The standard InChI is InChI=1S/C16H6F20N2O/c17-7(9(20,21)38-6(39)5-1-3-37-4-2-5)8(18,19)10(22,23)11(24,25)12(26,27)13(28,29)14(30,31)15(32,33)16(34,35)36/h1-4,7H,(H,38,39). The summed E-state index contributed by atoms with van der Waals surface area (Å²) in [5.41, 5.74) is -1.05. The third-order valence-corrected chi connectivity index (χ3v) is 4.61. The molecule has 0 aromatic carbocycles. The molecule has 1 unspecified atom stereocenters. The Morgan fingerprint density at radius 3 is 1.28 bits per heavy atom.